The van der Waals surface area contributed by atoms with Gasteiger partial charge in [-0.3, -0.25) is 0 Å². The summed E-state index contributed by atoms with van der Waals surface area (Å²) >= 11 is 0. The summed E-state index contributed by atoms with van der Waals surface area (Å²) in [5, 5.41) is 0. The van der Waals surface area contributed by atoms with Crippen LogP contribution in [0.2, 0.25) is 0 Å². The van der Waals surface area contributed by atoms with Crippen molar-refractivity contribution < 1.29 is 19.0 Å². The molecule has 0 amide bonds. The van der Waals surface area contributed by atoms with Crippen LogP contribution in [0.25, 0.3) is 0 Å². The Balaban J connectivity index is 1.66. The topological polar surface area (TPSA) is 51.4 Å². The van der Waals surface area contributed by atoms with Gasteiger partial charge in [0.1, 0.15) is 6.10 Å². The molecule has 0 aromatic rings. The van der Waals surface area contributed by atoms with Gasteiger partial charge in [0, 0.05) is 18.4 Å². The van der Waals surface area contributed by atoms with Crippen molar-refractivity contribution in [2.45, 2.75) is 76.0 Å². The average molecular weight is 264 g/mol. The second kappa shape index (κ2) is 3.41. The molecule has 3 aliphatic heterocycles. The molecular formula is C15H20O4. The molecule has 2 unspecified atom stereocenters. The van der Waals surface area contributed by atoms with E-state index in [1.54, 1.807) is 0 Å². The Hall–Kier alpha value is -0.870. The van der Waals surface area contributed by atoms with Gasteiger partial charge in [-0.25, -0.2) is 4.79 Å². The van der Waals surface area contributed by atoms with Crippen molar-refractivity contribution in [2.24, 2.45) is 0 Å². The predicted molar refractivity (Wildman–Crippen MR) is 67.6 cm³/mol. The molecule has 3 heterocycles. The highest BCUT2D eigenvalue weighted by molar-refractivity contribution is 5.91. The minimum absolute atomic E-state index is 0.0202. The zero-order valence-electron chi connectivity index (χ0n) is 11.7. The Morgan fingerprint density at radius 2 is 1.89 bits per heavy atom. The van der Waals surface area contributed by atoms with Gasteiger partial charge in [-0.05, 0) is 39.2 Å². The summed E-state index contributed by atoms with van der Waals surface area (Å²) in [4.78, 5) is 11.8. The highest BCUT2D eigenvalue weighted by Crippen LogP contribution is 2.53. The first kappa shape index (κ1) is 11.9. The Kier molecular flexibility index (Phi) is 2.14. The van der Waals surface area contributed by atoms with Crippen LogP contribution < -0.4 is 0 Å². The van der Waals surface area contributed by atoms with Crippen LogP contribution in [0.5, 0.6) is 0 Å². The minimum atomic E-state index is -0.164. The van der Waals surface area contributed by atoms with Gasteiger partial charge in [0.05, 0.1) is 23.4 Å². The first-order valence-electron chi connectivity index (χ1n) is 7.18. The molecule has 0 aromatic carbocycles. The summed E-state index contributed by atoms with van der Waals surface area (Å²) in [6, 6.07) is 0. The van der Waals surface area contributed by atoms with Crippen molar-refractivity contribution >= 4 is 5.97 Å². The van der Waals surface area contributed by atoms with Gasteiger partial charge in [-0.15, -0.1) is 0 Å². The number of epoxide rings is 2. The lowest BCUT2D eigenvalue weighted by atomic mass is 9.85. The van der Waals surface area contributed by atoms with E-state index in [2.05, 4.69) is 13.8 Å². The van der Waals surface area contributed by atoms with Crippen LogP contribution in [0, 0.1) is 0 Å². The van der Waals surface area contributed by atoms with E-state index in [0.29, 0.717) is 6.10 Å². The van der Waals surface area contributed by atoms with E-state index in [0.717, 1.165) is 36.8 Å². The van der Waals surface area contributed by atoms with E-state index >= 15 is 0 Å². The van der Waals surface area contributed by atoms with Crippen molar-refractivity contribution in [1.29, 1.82) is 0 Å². The SMILES string of the molecule is CC1=C2CC3O[C@]3(C)CCC3O[C@@]3(C)C[C@@H]2OC1=O. The number of ether oxygens (including phenoxy) is 3. The number of carbonyl (C=O) groups is 1. The van der Waals surface area contributed by atoms with Crippen LogP contribution in [0.4, 0.5) is 0 Å². The molecule has 0 bridgehead atoms. The molecule has 4 aliphatic rings. The molecule has 1 saturated carbocycles. The predicted octanol–water partition coefficient (Wildman–Crippen LogP) is 2.12. The lowest BCUT2D eigenvalue weighted by Crippen LogP contribution is -2.25. The summed E-state index contributed by atoms with van der Waals surface area (Å²) in [6.07, 6.45) is 4.16. The van der Waals surface area contributed by atoms with Crippen molar-refractivity contribution in [3.8, 4) is 0 Å². The van der Waals surface area contributed by atoms with E-state index in [1.165, 1.54) is 0 Å². The Morgan fingerprint density at radius 3 is 2.68 bits per heavy atom. The maximum absolute atomic E-state index is 11.8. The fourth-order valence-electron chi connectivity index (χ4n) is 3.70. The Labute approximate surface area is 113 Å². The van der Waals surface area contributed by atoms with E-state index in [9.17, 15) is 4.79 Å². The molecule has 19 heavy (non-hydrogen) atoms. The normalized spacial score (nSPS) is 51.9. The average Bonchev–Trinajstić information content (AvgIpc) is 3.15. The quantitative estimate of drug-likeness (QED) is 0.497. The number of fused-ring (bicyclic) bond motifs is 3. The molecule has 5 atom stereocenters. The van der Waals surface area contributed by atoms with Gasteiger partial charge >= 0.3 is 5.97 Å². The Morgan fingerprint density at radius 1 is 1.16 bits per heavy atom. The third kappa shape index (κ3) is 1.69. The summed E-state index contributed by atoms with van der Waals surface area (Å²) in [6.45, 7) is 6.17. The number of rotatable bonds is 0. The van der Waals surface area contributed by atoms with Crippen LogP contribution in [0.3, 0.4) is 0 Å². The molecule has 2 saturated heterocycles. The summed E-state index contributed by atoms with van der Waals surface area (Å²) in [5.41, 5.74) is 1.78. The fourth-order valence-corrected chi connectivity index (χ4v) is 3.70. The summed E-state index contributed by atoms with van der Waals surface area (Å²) in [7, 11) is 0. The molecule has 104 valence electrons. The molecule has 0 N–H and O–H groups in total. The molecule has 4 heteroatoms. The Bertz CT molecular complexity index is 496. The molecule has 4 nitrogen and oxygen atoms in total. The van der Waals surface area contributed by atoms with Gasteiger partial charge in [0.2, 0.25) is 0 Å². The molecular weight excluding hydrogens is 244 g/mol. The van der Waals surface area contributed by atoms with E-state index in [1.807, 2.05) is 6.92 Å². The number of esters is 1. The van der Waals surface area contributed by atoms with Crippen LogP contribution in [-0.2, 0) is 19.0 Å². The first-order chi connectivity index (χ1) is 8.91. The maximum Gasteiger partial charge on any atom is 0.334 e. The van der Waals surface area contributed by atoms with E-state index in [4.69, 9.17) is 14.2 Å². The second-order valence-electron chi connectivity index (χ2n) is 6.83. The number of hydrogen-bond acceptors (Lipinski definition) is 4. The van der Waals surface area contributed by atoms with Gasteiger partial charge in [0.15, 0.2) is 0 Å². The monoisotopic (exact) mass is 264 g/mol. The third-order valence-electron chi connectivity index (χ3n) is 5.40. The maximum atomic E-state index is 11.8. The zero-order chi connectivity index (χ0) is 13.4. The van der Waals surface area contributed by atoms with Crippen molar-refractivity contribution in [3.63, 3.8) is 0 Å². The van der Waals surface area contributed by atoms with Crippen LogP contribution in [0.1, 0.15) is 46.5 Å². The van der Waals surface area contributed by atoms with E-state index < -0.39 is 0 Å². The van der Waals surface area contributed by atoms with Crippen LogP contribution in [-0.4, -0.2) is 35.5 Å². The first-order valence-corrected chi connectivity index (χ1v) is 7.18. The molecule has 1 aliphatic carbocycles. The standard InChI is InChI=1S/C15H20O4/c1-8-9-6-12-14(2,19-12)5-4-11-15(3,18-11)7-10(9)17-13(8)16/h10-12H,4-7H2,1-3H3/t10-,11?,12?,14+,15-/m0/s1. The molecule has 3 fully saturated rings. The van der Waals surface area contributed by atoms with Crippen molar-refractivity contribution in [3.05, 3.63) is 11.1 Å². The number of hydrogen-bond donors (Lipinski definition) is 0. The summed E-state index contributed by atoms with van der Waals surface area (Å²) < 4.78 is 17.3. The number of carbonyl (C=O) groups excluding carboxylic acids is 1. The van der Waals surface area contributed by atoms with Crippen molar-refractivity contribution in [1.82, 2.24) is 0 Å². The van der Waals surface area contributed by atoms with Crippen molar-refractivity contribution in [2.75, 3.05) is 0 Å². The lowest BCUT2D eigenvalue weighted by molar-refractivity contribution is -0.140. The molecule has 0 radical (unpaired) electrons. The van der Waals surface area contributed by atoms with Gasteiger partial charge < -0.3 is 14.2 Å². The largest absolute Gasteiger partial charge is 0.454 e. The van der Waals surface area contributed by atoms with Gasteiger partial charge in [-0.1, -0.05) is 0 Å². The van der Waals surface area contributed by atoms with E-state index in [-0.39, 0.29) is 29.4 Å². The highest BCUT2D eigenvalue weighted by atomic mass is 16.6. The third-order valence-corrected chi connectivity index (χ3v) is 5.40. The zero-order valence-corrected chi connectivity index (χ0v) is 11.7. The van der Waals surface area contributed by atoms with Gasteiger partial charge in [-0.2, -0.15) is 0 Å². The molecule has 4 rings (SSSR count). The highest BCUT2D eigenvalue weighted by Gasteiger charge is 2.60. The molecule has 0 spiro atoms. The minimum Gasteiger partial charge on any atom is -0.454 e. The molecule has 0 aromatic heterocycles. The smallest absolute Gasteiger partial charge is 0.334 e. The lowest BCUT2D eigenvalue weighted by Gasteiger charge is -2.18. The fraction of sp³-hybridized carbons (Fsp3) is 0.800. The van der Waals surface area contributed by atoms with Crippen LogP contribution >= 0.6 is 0 Å². The second-order valence-corrected chi connectivity index (χ2v) is 6.83. The van der Waals surface area contributed by atoms with Crippen LogP contribution in [0.15, 0.2) is 11.1 Å². The van der Waals surface area contributed by atoms with Gasteiger partial charge in [0.25, 0.3) is 0 Å². The summed E-state index contributed by atoms with van der Waals surface area (Å²) in [5.74, 6) is -0.164.